The van der Waals surface area contributed by atoms with Crippen LogP contribution >= 0.6 is 0 Å². The molecule has 166 valence electrons. The van der Waals surface area contributed by atoms with Crippen molar-refractivity contribution in [2.24, 2.45) is 0 Å². The Morgan fingerprint density at radius 2 is 1.83 bits per heavy atom. The van der Waals surface area contributed by atoms with E-state index in [4.69, 9.17) is 14.2 Å². The first kappa shape index (κ1) is 29.1. The van der Waals surface area contributed by atoms with Crippen LogP contribution in [0.3, 0.4) is 0 Å². The molecule has 1 amide bonds. The van der Waals surface area contributed by atoms with E-state index in [1.807, 2.05) is 0 Å². The second kappa shape index (κ2) is 15.0. The van der Waals surface area contributed by atoms with Crippen LogP contribution in [0.5, 0.6) is 0 Å². The molecule has 29 heavy (non-hydrogen) atoms. The molecule has 0 spiro atoms. The molecule has 1 heterocycles. The number of aliphatic hydroxyl groups excluding tert-OH is 1. The maximum atomic E-state index is 11.7. The molecule has 0 aromatic carbocycles. The molecule has 1 fully saturated rings. The summed E-state index contributed by atoms with van der Waals surface area (Å²) in [7, 11) is -4.56. The number of alkyl carbamates (subject to hydrolysis) is 1. The first-order valence-corrected chi connectivity index (χ1v) is 11.6. The van der Waals surface area contributed by atoms with E-state index in [1.165, 1.54) is 0 Å². The van der Waals surface area contributed by atoms with Crippen LogP contribution in [0.2, 0.25) is 0 Å². The minimum absolute atomic E-state index is 0. The van der Waals surface area contributed by atoms with Gasteiger partial charge in [-0.15, -0.1) is 0 Å². The van der Waals surface area contributed by atoms with E-state index in [9.17, 15) is 22.9 Å². The molecule has 1 saturated heterocycles. The van der Waals surface area contributed by atoms with Gasteiger partial charge in [0.25, 0.3) is 0 Å². The third-order valence-corrected chi connectivity index (χ3v) is 5.31. The summed E-state index contributed by atoms with van der Waals surface area (Å²) in [5.41, 5.74) is 0. The Morgan fingerprint density at radius 1 is 1.24 bits per heavy atom. The number of rotatable bonds is 14. The number of hydrogen-bond donors (Lipinski definition) is 2. The molecule has 0 bridgehead atoms. The molecule has 11 heteroatoms. The first-order chi connectivity index (χ1) is 13.2. The zero-order chi connectivity index (χ0) is 21.0. The smallest absolute Gasteiger partial charge is 0.748 e. The van der Waals surface area contributed by atoms with Gasteiger partial charge in [0.2, 0.25) is 0 Å². The number of aliphatic hydroxyl groups is 1. The van der Waals surface area contributed by atoms with E-state index in [1.54, 1.807) is 0 Å². The summed E-state index contributed by atoms with van der Waals surface area (Å²) in [5.74, 6) is -1.58. The van der Waals surface area contributed by atoms with Crippen LogP contribution in [-0.2, 0) is 24.3 Å². The van der Waals surface area contributed by atoms with Gasteiger partial charge in [0.05, 0.1) is 28.6 Å². The van der Waals surface area contributed by atoms with Crippen LogP contribution in [0, 0.1) is 0 Å². The second-order valence-corrected chi connectivity index (χ2v) is 8.68. The molecule has 2 unspecified atom stereocenters. The summed E-state index contributed by atoms with van der Waals surface area (Å²) in [6.07, 6.45) is 5.39. The topological polar surface area (TPSA) is 134 Å². The predicted octanol–water partition coefficient (Wildman–Crippen LogP) is -1.10. The molecule has 0 saturated carbocycles. The van der Waals surface area contributed by atoms with Gasteiger partial charge in [0.1, 0.15) is 12.7 Å². The maximum absolute atomic E-state index is 11.7. The number of carbonyl (C=O) groups excluding carboxylic acids is 1. The van der Waals surface area contributed by atoms with Gasteiger partial charge in [-0.2, -0.15) is 0 Å². The number of hydrogen-bond acceptors (Lipinski definition) is 8. The van der Waals surface area contributed by atoms with E-state index in [-0.39, 0.29) is 48.8 Å². The van der Waals surface area contributed by atoms with Gasteiger partial charge in [0, 0.05) is 19.4 Å². The number of amides is 1. The van der Waals surface area contributed by atoms with Crippen LogP contribution in [0.4, 0.5) is 4.79 Å². The fourth-order valence-electron chi connectivity index (χ4n) is 3.09. The van der Waals surface area contributed by atoms with Crippen LogP contribution in [-0.4, -0.2) is 67.7 Å². The van der Waals surface area contributed by atoms with E-state index < -0.39 is 33.9 Å². The van der Waals surface area contributed by atoms with Gasteiger partial charge in [0.15, 0.2) is 5.79 Å². The van der Waals surface area contributed by atoms with E-state index in [0.29, 0.717) is 6.61 Å². The molecule has 0 aromatic rings. The zero-order valence-corrected chi connectivity index (χ0v) is 20.7. The zero-order valence-electron chi connectivity index (χ0n) is 17.9. The summed E-state index contributed by atoms with van der Waals surface area (Å²) < 4.78 is 48.7. The fourth-order valence-corrected chi connectivity index (χ4v) is 3.68. The van der Waals surface area contributed by atoms with Crippen molar-refractivity contribution in [3.8, 4) is 0 Å². The standard InChI is InChI=1S/C18H35NO8S.Na/c1-3-5-7-9-18(10-8-6-4-2)26-13-16(27-18)12-25-17(21)19-11-15(20)14-28(22,23)24;/h15-16,20H,3-14H2,1-2H3,(H,19,21)(H,22,23,24);/q;+1/p-1. The molecule has 0 radical (unpaired) electrons. The molecule has 1 aliphatic heterocycles. The molecule has 0 aromatic heterocycles. The van der Waals surface area contributed by atoms with Crippen molar-refractivity contribution in [3.63, 3.8) is 0 Å². The Bertz CT molecular complexity index is 550. The van der Waals surface area contributed by atoms with Gasteiger partial charge in [-0.05, 0) is 12.8 Å². The minimum atomic E-state index is -4.56. The molecule has 2 atom stereocenters. The Hall–Kier alpha value is 0.0600. The third-order valence-electron chi connectivity index (χ3n) is 4.52. The van der Waals surface area contributed by atoms with Crippen LogP contribution in [0.1, 0.15) is 65.2 Å². The van der Waals surface area contributed by atoms with Gasteiger partial charge in [-0.1, -0.05) is 39.5 Å². The van der Waals surface area contributed by atoms with Crippen molar-refractivity contribution >= 4 is 16.2 Å². The Balaban J connectivity index is 0.00000784. The summed E-state index contributed by atoms with van der Waals surface area (Å²) in [6, 6.07) is 0. The Labute approximate surface area is 196 Å². The molecule has 1 aliphatic rings. The van der Waals surface area contributed by atoms with Crippen molar-refractivity contribution < 1.29 is 66.6 Å². The number of unbranched alkanes of at least 4 members (excludes halogenated alkanes) is 4. The molecule has 1 rings (SSSR count). The van der Waals surface area contributed by atoms with Crippen LogP contribution < -0.4 is 34.9 Å². The van der Waals surface area contributed by atoms with Crippen LogP contribution in [0.15, 0.2) is 0 Å². The molecular weight excluding hydrogens is 413 g/mol. The average molecular weight is 448 g/mol. The maximum Gasteiger partial charge on any atom is 1.00 e. The normalized spacial score (nSPS) is 19.4. The summed E-state index contributed by atoms with van der Waals surface area (Å²) >= 11 is 0. The van der Waals surface area contributed by atoms with Crippen molar-refractivity contribution in [1.29, 1.82) is 0 Å². The first-order valence-electron chi connectivity index (χ1n) is 10.0. The minimum Gasteiger partial charge on any atom is -0.748 e. The molecule has 0 aliphatic carbocycles. The fraction of sp³-hybridized carbons (Fsp3) is 0.944. The van der Waals surface area contributed by atoms with Crippen molar-refractivity contribution in [2.75, 3.05) is 25.5 Å². The summed E-state index contributed by atoms with van der Waals surface area (Å²) in [6.45, 7) is 4.21. The number of carbonyl (C=O) groups is 1. The van der Waals surface area contributed by atoms with E-state index in [2.05, 4.69) is 19.2 Å². The third kappa shape index (κ3) is 13.2. The molecule has 9 nitrogen and oxygen atoms in total. The van der Waals surface area contributed by atoms with E-state index >= 15 is 0 Å². The van der Waals surface area contributed by atoms with Crippen LogP contribution in [0.25, 0.3) is 0 Å². The molecular formula is C18H34NNaO8S. The van der Waals surface area contributed by atoms with Gasteiger partial charge in [-0.25, -0.2) is 13.2 Å². The monoisotopic (exact) mass is 447 g/mol. The Morgan fingerprint density at radius 3 is 2.34 bits per heavy atom. The van der Waals surface area contributed by atoms with Gasteiger partial charge in [-0.3, -0.25) is 0 Å². The number of nitrogens with one attached hydrogen (secondary N) is 1. The largest absolute Gasteiger partial charge is 1.00 e. The van der Waals surface area contributed by atoms with Crippen molar-refractivity contribution in [1.82, 2.24) is 5.32 Å². The quantitative estimate of drug-likeness (QED) is 0.195. The SMILES string of the molecule is CCCCCC1(CCCCC)OCC(COC(=O)NCC(O)CS(=O)(=O)[O-])O1.[Na+]. The summed E-state index contributed by atoms with van der Waals surface area (Å²) in [5, 5.41) is 11.6. The number of ether oxygens (including phenoxy) is 3. The summed E-state index contributed by atoms with van der Waals surface area (Å²) in [4.78, 5) is 11.7. The van der Waals surface area contributed by atoms with Crippen molar-refractivity contribution in [3.05, 3.63) is 0 Å². The Kier molecular flexibility index (Phi) is 15.0. The average Bonchev–Trinajstić information content (AvgIpc) is 3.01. The second-order valence-electron chi connectivity index (χ2n) is 7.23. The molecule has 2 N–H and O–H groups in total. The van der Waals surface area contributed by atoms with Gasteiger partial charge < -0.3 is 29.2 Å². The predicted molar refractivity (Wildman–Crippen MR) is 102 cm³/mol. The van der Waals surface area contributed by atoms with E-state index in [0.717, 1.165) is 51.4 Å². The van der Waals surface area contributed by atoms with Crippen molar-refractivity contribution in [2.45, 2.75) is 83.2 Å². The van der Waals surface area contributed by atoms with Gasteiger partial charge >= 0.3 is 35.7 Å².